The summed E-state index contributed by atoms with van der Waals surface area (Å²) < 4.78 is 5.07. The normalized spacial score (nSPS) is 10.3. The Morgan fingerprint density at radius 3 is 2.63 bits per heavy atom. The van der Waals surface area contributed by atoms with E-state index in [0.29, 0.717) is 17.1 Å². The van der Waals surface area contributed by atoms with Crippen LogP contribution in [0.5, 0.6) is 6.01 Å². The minimum absolute atomic E-state index is 0.312. The number of aryl methyl sites for hydroxylation is 2. The van der Waals surface area contributed by atoms with Gasteiger partial charge >= 0.3 is 6.01 Å². The maximum Gasteiger partial charge on any atom is 0.321 e. The van der Waals surface area contributed by atoms with Crippen LogP contribution in [0, 0.1) is 13.8 Å². The highest BCUT2D eigenvalue weighted by Gasteiger charge is 2.09. The molecule has 0 atom stereocenters. The lowest BCUT2D eigenvalue weighted by molar-refractivity contribution is 0.374. The summed E-state index contributed by atoms with van der Waals surface area (Å²) in [6.45, 7) is 4.13. The van der Waals surface area contributed by atoms with Gasteiger partial charge in [0, 0.05) is 11.9 Å². The minimum atomic E-state index is 0.312. The molecular weight excluding hydrogens is 260 g/mol. The van der Waals surface area contributed by atoms with Crippen LogP contribution >= 0.6 is 11.8 Å². The van der Waals surface area contributed by atoms with Gasteiger partial charge in [-0.15, -0.1) is 0 Å². The standard InChI is InChI=1S/C13H16N4OS/c1-8-5-6-9(2)10(7-8)19-13-16-11(14-3)15-12(17-13)18-4/h5-7H,1-4H3,(H,14,15,16,17). The molecule has 19 heavy (non-hydrogen) atoms. The van der Waals surface area contributed by atoms with Crippen LogP contribution in [0.3, 0.4) is 0 Å². The molecule has 0 radical (unpaired) electrons. The fourth-order valence-electron chi connectivity index (χ4n) is 1.50. The first kappa shape index (κ1) is 13.6. The van der Waals surface area contributed by atoms with E-state index >= 15 is 0 Å². The van der Waals surface area contributed by atoms with E-state index in [1.54, 1.807) is 14.2 Å². The van der Waals surface area contributed by atoms with Crippen molar-refractivity contribution in [1.29, 1.82) is 0 Å². The summed E-state index contributed by atoms with van der Waals surface area (Å²) in [7, 11) is 3.31. The van der Waals surface area contributed by atoms with Crippen LogP contribution in [0.1, 0.15) is 11.1 Å². The van der Waals surface area contributed by atoms with E-state index < -0.39 is 0 Å². The zero-order chi connectivity index (χ0) is 13.8. The lowest BCUT2D eigenvalue weighted by Crippen LogP contribution is -2.02. The van der Waals surface area contributed by atoms with E-state index in [0.717, 1.165) is 4.90 Å². The Kier molecular flexibility index (Phi) is 4.21. The molecule has 0 aliphatic carbocycles. The largest absolute Gasteiger partial charge is 0.467 e. The Bertz CT molecular complexity index is 567. The minimum Gasteiger partial charge on any atom is -0.467 e. The first-order valence-corrected chi connectivity index (χ1v) is 6.67. The number of nitrogens with zero attached hydrogens (tertiary/aromatic N) is 3. The number of nitrogens with one attached hydrogen (secondary N) is 1. The van der Waals surface area contributed by atoms with Gasteiger partial charge in [-0.05, 0) is 42.8 Å². The fourth-order valence-corrected chi connectivity index (χ4v) is 2.43. The van der Waals surface area contributed by atoms with Crippen LogP contribution in [0.15, 0.2) is 28.3 Å². The second-order valence-corrected chi connectivity index (χ2v) is 5.06. The molecule has 0 unspecified atom stereocenters. The molecule has 0 aliphatic rings. The Morgan fingerprint density at radius 1 is 1.16 bits per heavy atom. The number of methoxy groups -OCH3 is 1. The summed E-state index contributed by atoms with van der Waals surface area (Å²) in [4.78, 5) is 13.8. The Hall–Kier alpha value is -1.82. The second-order valence-electron chi connectivity index (χ2n) is 4.05. The van der Waals surface area contributed by atoms with Gasteiger partial charge in [0.1, 0.15) is 0 Å². The summed E-state index contributed by atoms with van der Waals surface area (Å²) >= 11 is 1.51. The number of anilines is 1. The SMILES string of the molecule is CNc1nc(OC)nc(Sc2cc(C)ccc2C)n1. The molecule has 0 aliphatic heterocycles. The Balaban J connectivity index is 2.34. The van der Waals surface area contributed by atoms with Crippen molar-refractivity contribution in [2.24, 2.45) is 0 Å². The average Bonchev–Trinajstić information content (AvgIpc) is 2.42. The van der Waals surface area contributed by atoms with Crippen molar-refractivity contribution < 1.29 is 4.74 Å². The lowest BCUT2D eigenvalue weighted by Gasteiger charge is -2.07. The number of hydrogen-bond donors (Lipinski definition) is 1. The fraction of sp³-hybridized carbons (Fsp3) is 0.308. The quantitative estimate of drug-likeness (QED) is 0.926. The predicted molar refractivity (Wildman–Crippen MR) is 76.0 cm³/mol. The van der Waals surface area contributed by atoms with Gasteiger partial charge < -0.3 is 10.1 Å². The summed E-state index contributed by atoms with van der Waals surface area (Å²) in [6, 6.07) is 6.61. The molecule has 1 aromatic heterocycles. The van der Waals surface area contributed by atoms with Crippen LogP contribution in [-0.2, 0) is 0 Å². The van der Waals surface area contributed by atoms with E-state index in [2.05, 4.69) is 52.3 Å². The average molecular weight is 276 g/mol. The zero-order valence-corrected chi connectivity index (χ0v) is 12.2. The van der Waals surface area contributed by atoms with Crippen LogP contribution in [0.2, 0.25) is 0 Å². The zero-order valence-electron chi connectivity index (χ0n) is 11.4. The first-order chi connectivity index (χ1) is 9.12. The van der Waals surface area contributed by atoms with Crippen molar-refractivity contribution >= 4 is 17.7 Å². The molecular formula is C13H16N4OS. The van der Waals surface area contributed by atoms with Crippen molar-refractivity contribution in [1.82, 2.24) is 15.0 Å². The molecule has 100 valence electrons. The van der Waals surface area contributed by atoms with Gasteiger partial charge in [-0.2, -0.15) is 15.0 Å². The van der Waals surface area contributed by atoms with Crippen LogP contribution in [0.4, 0.5) is 5.95 Å². The summed E-state index contributed by atoms with van der Waals surface area (Å²) in [6.07, 6.45) is 0. The molecule has 0 saturated heterocycles. The third kappa shape index (κ3) is 3.35. The summed E-state index contributed by atoms with van der Waals surface area (Å²) in [5.41, 5.74) is 2.41. The van der Waals surface area contributed by atoms with Gasteiger partial charge in [0.15, 0.2) is 0 Å². The third-order valence-electron chi connectivity index (χ3n) is 2.55. The van der Waals surface area contributed by atoms with Gasteiger partial charge in [0.05, 0.1) is 7.11 Å². The van der Waals surface area contributed by atoms with Crippen LogP contribution in [0.25, 0.3) is 0 Å². The van der Waals surface area contributed by atoms with Crippen molar-refractivity contribution in [2.75, 3.05) is 19.5 Å². The number of aromatic nitrogens is 3. The molecule has 0 spiro atoms. The van der Waals surface area contributed by atoms with Crippen molar-refractivity contribution in [3.63, 3.8) is 0 Å². The molecule has 0 bridgehead atoms. The summed E-state index contributed by atoms with van der Waals surface area (Å²) in [5, 5.41) is 3.51. The van der Waals surface area contributed by atoms with Crippen LogP contribution in [-0.4, -0.2) is 29.1 Å². The number of benzene rings is 1. The maximum absolute atomic E-state index is 5.07. The highest BCUT2D eigenvalue weighted by Crippen LogP contribution is 2.29. The number of ether oxygens (including phenoxy) is 1. The summed E-state index contributed by atoms with van der Waals surface area (Å²) in [5.74, 6) is 0.500. The highest BCUT2D eigenvalue weighted by atomic mass is 32.2. The molecule has 5 nitrogen and oxygen atoms in total. The molecule has 2 aromatic rings. The first-order valence-electron chi connectivity index (χ1n) is 5.85. The van der Waals surface area contributed by atoms with E-state index in [4.69, 9.17) is 4.74 Å². The highest BCUT2D eigenvalue weighted by molar-refractivity contribution is 7.99. The smallest absolute Gasteiger partial charge is 0.321 e. The molecule has 6 heteroatoms. The third-order valence-corrected chi connectivity index (χ3v) is 3.57. The second kappa shape index (κ2) is 5.88. The topological polar surface area (TPSA) is 59.9 Å². The monoisotopic (exact) mass is 276 g/mol. The Labute approximate surface area is 116 Å². The van der Waals surface area contributed by atoms with E-state index in [-0.39, 0.29) is 0 Å². The van der Waals surface area contributed by atoms with E-state index in [1.807, 2.05) is 0 Å². The predicted octanol–water partition coefficient (Wildman–Crippen LogP) is 2.69. The van der Waals surface area contributed by atoms with Gasteiger partial charge in [-0.25, -0.2) is 0 Å². The molecule has 0 amide bonds. The van der Waals surface area contributed by atoms with Gasteiger partial charge in [-0.3, -0.25) is 0 Å². The van der Waals surface area contributed by atoms with Crippen molar-refractivity contribution in [3.05, 3.63) is 29.3 Å². The van der Waals surface area contributed by atoms with Gasteiger partial charge in [0.2, 0.25) is 11.1 Å². The number of rotatable bonds is 4. The van der Waals surface area contributed by atoms with Gasteiger partial charge in [-0.1, -0.05) is 12.1 Å². The molecule has 1 aromatic carbocycles. The Morgan fingerprint density at radius 2 is 1.95 bits per heavy atom. The van der Waals surface area contributed by atoms with Crippen molar-refractivity contribution in [3.8, 4) is 6.01 Å². The molecule has 2 rings (SSSR count). The van der Waals surface area contributed by atoms with Crippen molar-refractivity contribution in [2.45, 2.75) is 23.9 Å². The van der Waals surface area contributed by atoms with Crippen LogP contribution < -0.4 is 10.1 Å². The van der Waals surface area contributed by atoms with E-state index in [9.17, 15) is 0 Å². The maximum atomic E-state index is 5.07. The van der Waals surface area contributed by atoms with Gasteiger partial charge in [0.25, 0.3) is 0 Å². The molecule has 0 fully saturated rings. The molecule has 1 heterocycles. The van der Waals surface area contributed by atoms with E-state index in [1.165, 1.54) is 22.9 Å². The molecule has 1 N–H and O–H groups in total. The lowest BCUT2D eigenvalue weighted by atomic mass is 10.2. The molecule has 0 saturated carbocycles. The number of hydrogen-bond acceptors (Lipinski definition) is 6.